The number of rotatable bonds is 4. The van der Waals surface area contributed by atoms with Crippen LogP contribution >= 0.6 is 0 Å². The average Bonchev–Trinajstić information content (AvgIpc) is 2.68. The van der Waals surface area contributed by atoms with Crippen molar-refractivity contribution in [3.63, 3.8) is 0 Å². The Hall–Kier alpha value is -0.830. The molecule has 0 saturated heterocycles. The van der Waals surface area contributed by atoms with Gasteiger partial charge in [0.25, 0.3) is 0 Å². The molecule has 0 aliphatic heterocycles. The Labute approximate surface area is 85.5 Å². The van der Waals surface area contributed by atoms with Crippen LogP contribution in [0.1, 0.15) is 38.9 Å². The second-order valence-corrected chi connectivity index (χ2v) is 4.61. The molecule has 1 saturated carbocycles. The van der Waals surface area contributed by atoms with E-state index in [9.17, 15) is 0 Å². The lowest BCUT2D eigenvalue weighted by Gasteiger charge is -2.10. The molecule has 0 radical (unpaired) electrons. The molecule has 2 rings (SSSR count). The van der Waals surface area contributed by atoms with Gasteiger partial charge in [-0.25, -0.2) is 4.98 Å². The lowest BCUT2D eigenvalue weighted by molar-refractivity contribution is 0.551. The number of nitrogens with zero attached hydrogens (tertiary/aromatic N) is 2. The Morgan fingerprint density at radius 2 is 2.36 bits per heavy atom. The van der Waals surface area contributed by atoms with Gasteiger partial charge in [-0.2, -0.15) is 0 Å². The van der Waals surface area contributed by atoms with Gasteiger partial charge in [0.1, 0.15) is 0 Å². The zero-order valence-corrected chi connectivity index (χ0v) is 9.20. The first-order valence-corrected chi connectivity index (χ1v) is 5.42. The fourth-order valence-corrected chi connectivity index (χ4v) is 1.77. The third-order valence-corrected chi connectivity index (χ3v) is 2.86. The summed E-state index contributed by atoms with van der Waals surface area (Å²) in [7, 11) is 0. The minimum absolute atomic E-state index is 0.537. The van der Waals surface area contributed by atoms with Crippen LogP contribution < -0.4 is 5.32 Å². The smallest absolute Gasteiger partial charge is 0.0951 e. The van der Waals surface area contributed by atoms with E-state index >= 15 is 0 Å². The summed E-state index contributed by atoms with van der Waals surface area (Å²) >= 11 is 0. The summed E-state index contributed by atoms with van der Waals surface area (Å²) in [6, 6.07) is 1.25. The SMILES string of the molecule is CC(C)NCc1cncn1C1CC1C. The van der Waals surface area contributed by atoms with Crippen LogP contribution in [0.4, 0.5) is 0 Å². The Morgan fingerprint density at radius 1 is 1.64 bits per heavy atom. The molecule has 0 spiro atoms. The summed E-state index contributed by atoms with van der Waals surface area (Å²) in [6.07, 6.45) is 5.25. The zero-order chi connectivity index (χ0) is 10.1. The van der Waals surface area contributed by atoms with E-state index in [1.54, 1.807) is 0 Å². The van der Waals surface area contributed by atoms with Crippen molar-refractivity contribution in [3.05, 3.63) is 18.2 Å². The van der Waals surface area contributed by atoms with Gasteiger partial charge in [0, 0.05) is 24.8 Å². The van der Waals surface area contributed by atoms with E-state index in [0.29, 0.717) is 12.1 Å². The van der Waals surface area contributed by atoms with Crippen molar-refractivity contribution in [2.45, 2.75) is 45.8 Å². The molecular formula is C11H19N3. The van der Waals surface area contributed by atoms with Gasteiger partial charge < -0.3 is 9.88 Å². The Kier molecular flexibility index (Phi) is 2.59. The van der Waals surface area contributed by atoms with Crippen molar-refractivity contribution < 1.29 is 0 Å². The second-order valence-electron chi connectivity index (χ2n) is 4.61. The van der Waals surface area contributed by atoms with Crippen molar-refractivity contribution in [2.24, 2.45) is 5.92 Å². The van der Waals surface area contributed by atoms with Gasteiger partial charge in [0.05, 0.1) is 12.0 Å². The predicted molar refractivity (Wildman–Crippen MR) is 57.0 cm³/mol. The fraction of sp³-hybridized carbons (Fsp3) is 0.727. The largest absolute Gasteiger partial charge is 0.330 e. The standard InChI is InChI=1S/C11H19N3/c1-8(2)13-6-10-5-12-7-14(10)11-4-9(11)3/h5,7-9,11,13H,4,6H2,1-3H3. The molecule has 0 aromatic carbocycles. The summed E-state index contributed by atoms with van der Waals surface area (Å²) in [6.45, 7) is 7.56. The molecule has 1 fully saturated rings. The minimum atomic E-state index is 0.537. The first-order chi connectivity index (χ1) is 6.68. The van der Waals surface area contributed by atoms with Crippen molar-refractivity contribution >= 4 is 0 Å². The first kappa shape index (κ1) is 9.71. The first-order valence-electron chi connectivity index (χ1n) is 5.42. The number of imidazole rings is 1. The molecule has 1 aliphatic rings. The molecule has 78 valence electrons. The highest BCUT2D eigenvalue weighted by molar-refractivity contribution is 5.05. The Balaban J connectivity index is 1.99. The van der Waals surface area contributed by atoms with Crippen LogP contribution in [-0.4, -0.2) is 15.6 Å². The molecular weight excluding hydrogens is 174 g/mol. The molecule has 14 heavy (non-hydrogen) atoms. The highest BCUT2D eigenvalue weighted by Crippen LogP contribution is 2.43. The maximum Gasteiger partial charge on any atom is 0.0951 e. The van der Waals surface area contributed by atoms with Gasteiger partial charge in [-0.15, -0.1) is 0 Å². The van der Waals surface area contributed by atoms with E-state index in [-0.39, 0.29) is 0 Å². The summed E-state index contributed by atoms with van der Waals surface area (Å²) in [5.41, 5.74) is 1.31. The molecule has 1 aliphatic carbocycles. The van der Waals surface area contributed by atoms with E-state index in [0.717, 1.165) is 12.5 Å². The maximum atomic E-state index is 4.22. The molecule has 1 aromatic rings. The van der Waals surface area contributed by atoms with Crippen LogP contribution in [-0.2, 0) is 6.54 Å². The van der Waals surface area contributed by atoms with E-state index in [1.807, 2.05) is 12.5 Å². The minimum Gasteiger partial charge on any atom is -0.330 e. The normalized spacial score (nSPS) is 25.7. The zero-order valence-electron chi connectivity index (χ0n) is 9.20. The topological polar surface area (TPSA) is 29.9 Å². The van der Waals surface area contributed by atoms with Crippen molar-refractivity contribution in [2.75, 3.05) is 0 Å². The average molecular weight is 193 g/mol. The third kappa shape index (κ3) is 1.98. The van der Waals surface area contributed by atoms with Gasteiger partial charge in [-0.3, -0.25) is 0 Å². The Morgan fingerprint density at radius 3 is 2.93 bits per heavy atom. The van der Waals surface area contributed by atoms with Crippen LogP contribution in [0.25, 0.3) is 0 Å². The van der Waals surface area contributed by atoms with E-state index < -0.39 is 0 Å². The van der Waals surface area contributed by atoms with Gasteiger partial charge in [0.15, 0.2) is 0 Å². The Bertz CT molecular complexity index is 303. The van der Waals surface area contributed by atoms with E-state index in [1.165, 1.54) is 12.1 Å². The number of hydrogen-bond acceptors (Lipinski definition) is 2. The lowest BCUT2D eigenvalue weighted by Crippen LogP contribution is -2.23. The quantitative estimate of drug-likeness (QED) is 0.792. The molecule has 0 amide bonds. The predicted octanol–water partition coefficient (Wildman–Crippen LogP) is 1.96. The molecule has 2 unspecified atom stereocenters. The third-order valence-electron chi connectivity index (χ3n) is 2.86. The maximum absolute atomic E-state index is 4.22. The summed E-state index contributed by atoms with van der Waals surface area (Å²) in [5.74, 6) is 0.835. The second kappa shape index (κ2) is 3.73. The molecule has 1 aromatic heterocycles. The van der Waals surface area contributed by atoms with E-state index in [2.05, 4.69) is 35.6 Å². The van der Waals surface area contributed by atoms with Crippen molar-refractivity contribution in [1.82, 2.24) is 14.9 Å². The fourth-order valence-electron chi connectivity index (χ4n) is 1.77. The van der Waals surface area contributed by atoms with Crippen molar-refractivity contribution in [3.8, 4) is 0 Å². The van der Waals surface area contributed by atoms with Gasteiger partial charge in [-0.1, -0.05) is 20.8 Å². The van der Waals surface area contributed by atoms with Crippen LogP contribution in [0.5, 0.6) is 0 Å². The van der Waals surface area contributed by atoms with Gasteiger partial charge in [-0.05, 0) is 12.3 Å². The molecule has 3 nitrogen and oxygen atoms in total. The highest BCUT2D eigenvalue weighted by atomic mass is 15.1. The number of nitrogens with one attached hydrogen (secondary N) is 1. The summed E-state index contributed by atoms with van der Waals surface area (Å²) in [5, 5.41) is 3.42. The van der Waals surface area contributed by atoms with Crippen molar-refractivity contribution in [1.29, 1.82) is 0 Å². The molecule has 0 bridgehead atoms. The lowest BCUT2D eigenvalue weighted by atomic mass is 10.3. The molecule has 1 N–H and O–H groups in total. The number of aromatic nitrogens is 2. The van der Waals surface area contributed by atoms with Gasteiger partial charge in [0.2, 0.25) is 0 Å². The van der Waals surface area contributed by atoms with Crippen LogP contribution in [0.15, 0.2) is 12.5 Å². The van der Waals surface area contributed by atoms with Gasteiger partial charge >= 0.3 is 0 Å². The molecule has 3 heteroatoms. The highest BCUT2D eigenvalue weighted by Gasteiger charge is 2.35. The number of hydrogen-bond donors (Lipinski definition) is 1. The van der Waals surface area contributed by atoms with Crippen LogP contribution in [0.2, 0.25) is 0 Å². The molecule has 2 atom stereocenters. The summed E-state index contributed by atoms with van der Waals surface area (Å²) in [4.78, 5) is 4.22. The van der Waals surface area contributed by atoms with Crippen LogP contribution in [0, 0.1) is 5.92 Å². The monoisotopic (exact) mass is 193 g/mol. The van der Waals surface area contributed by atoms with Crippen LogP contribution in [0.3, 0.4) is 0 Å². The summed E-state index contributed by atoms with van der Waals surface area (Å²) < 4.78 is 2.32. The molecule has 1 heterocycles. The van der Waals surface area contributed by atoms with E-state index in [4.69, 9.17) is 0 Å².